The molecular weight excluding hydrogens is 468 g/mol. The lowest BCUT2D eigenvalue weighted by Crippen LogP contribution is -2.45. The van der Waals surface area contributed by atoms with Crippen LogP contribution in [0.3, 0.4) is 0 Å². The smallest absolute Gasteiger partial charge is 0.255 e. The molecule has 182 valence electrons. The first-order chi connectivity index (χ1) is 16.9. The topological polar surface area (TPSA) is 97.5 Å². The fourth-order valence-electron chi connectivity index (χ4n) is 4.90. The molecule has 1 saturated heterocycles. The van der Waals surface area contributed by atoms with E-state index in [1.807, 2.05) is 25.1 Å². The first-order valence-corrected chi connectivity index (χ1v) is 12.2. The summed E-state index contributed by atoms with van der Waals surface area (Å²) in [7, 11) is 1.57. The third kappa shape index (κ3) is 3.72. The van der Waals surface area contributed by atoms with Crippen molar-refractivity contribution in [2.75, 3.05) is 32.2 Å². The van der Waals surface area contributed by atoms with Crippen molar-refractivity contribution < 1.29 is 19.0 Å². The molecule has 3 N–H and O–H groups in total. The van der Waals surface area contributed by atoms with E-state index in [2.05, 4.69) is 20.6 Å². The minimum absolute atomic E-state index is 0.0579. The van der Waals surface area contributed by atoms with Crippen molar-refractivity contribution in [3.05, 3.63) is 52.9 Å². The van der Waals surface area contributed by atoms with Crippen molar-refractivity contribution in [2.45, 2.75) is 37.2 Å². The molecule has 0 radical (unpaired) electrons. The highest BCUT2D eigenvalue weighted by Crippen LogP contribution is 2.54. The maximum Gasteiger partial charge on any atom is 0.255 e. The van der Waals surface area contributed by atoms with Gasteiger partial charge in [0.15, 0.2) is 5.75 Å². The molecule has 4 heterocycles. The molecule has 6 rings (SSSR count). The van der Waals surface area contributed by atoms with Crippen molar-refractivity contribution in [1.82, 2.24) is 15.3 Å². The number of anilines is 2. The molecule has 1 amide bonds. The van der Waals surface area contributed by atoms with Crippen LogP contribution in [-0.2, 0) is 10.2 Å². The standard InChI is InChI=1S/C26H27ClN4O4/c1-25(9-11-35-25)14-34-18-12-28-10-6-15(18)20-21(30-17-5-3-4-16(27)22(17)33-2)19-23(31-20)26(7-8-26)13-29-24(19)32/h3-6,10,12,30-31H,7-9,11,13-14H2,1-2H3,(H,29,32)/t25-/m1/s1. The molecule has 1 aromatic carbocycles. The predicted molar refractivity (Wildman–Crippen MR) is 133 cm³/mol. The average Bonchev–Trinajstić information content (AvgIpc) is 3.52. The Hall–Kier alpha value is -3.23. The molecule has 1 saturated carbocycles. The van der Waals surface area contributed by atoms with Crippen LogP contribution in [0.15, 0.2) is 36.7 Å². The number of fused-ring (bicyclic) bond motifs is 2. The highest BCUT2D eigenvalue weighted by atomic mass is 35.5. The van der Waals surface area contributed by atoms with Gasteiger partial charge in [-0.3, -0.25) is 9.78 Å². The van der Waals surface area contributed by atoms with E-state index in [9.17, 15) is 4.79 Å². The van der Waals surface area contributed by atoms with Crippen LogP contribution in [0.4, 0.5) is 11.4 Å². The number of para-hydroxylation sites is 1. The highest BCUT2D eigenvalue weighted by Gasteiger charge is 2.51. The Labute approximate surface area is 208 Å². The van der Waals surface area contributed by atoms with Gasteiger partial charge in [-0.25, -0.2) is 0 Å². The summed E-state index contributed by atoms with van der Waals surface area (Å²) < 4.78 is 17.5. The van der Waals surface area contributed by atoms with Crippen LogP contribution in [-0.4, -0.2) is 48.3 Å². The van der Waals surface area contributed by atoms with E-state index in [0.29, 0.717) is 46.6 Å². The second-order valence-corrected chi connectivity index (χ2v) is 10.1. The molecule has 3 aliphatic rings. The lowest BCUT2D eigenvalue weighted by molar-refractivity contribution is -0.152. The van der Waals surface area contributed by atoms with Gasteiger partial charge in [0.05, 0.1) is 47.6 Å². The summed E-state index contributed by atoms with van der Waals surface area (Å²) in [6.45, 7) is 3.84. The van der Waals surface area contributed by atoms with Gasteiger partial charge in [-0.15, -0.1) is 0 Å². The van der Waals surface area contributed by atoms with Crippen LogP contribution in [0, 0.1) is 0 Å². The van der Waals surface area contributed by atoms with Crippen LogP contribution in [0.2, 0.25) is 5.02 Å². The number of carbonyl (C=O) groups excluding carboxylic acids is 1. The maximum atomic E-state index is 13.2. The van der Waals surface area contributed by atoms with Gasteiger partial charge in [-0.1, -0.05) is 17.7 Å². The molecule has 2 aliphatic heterocycles. The number of nitrogens with one attached hydrogen (secondary N) is 3. The first-order valence-electron chi connectivity index (χ1n) is 11.8. The first kappa shape index (κ1) is 22.2. The number of ether oxygens (including phenoxy) is 3. The van der Waals surface area contributed by atoms with Gasteiger partial charge in [-0.05, 0) is 38.0 Å². The number of halogens is 1. The van der Waals surface area contributed by atoms with Crippen molar-refractivity contribution in [3.63, 3.8) is 0 Å². The number of rotatable bonds is 7. The number of nitrogens with zero attached hydrogens (tertiary/aromatic N) is 1. The third-order valence-electron chi connectivity index (χ3n) is 7.30. The molecule has 0 bridgehead atoms. The summed E-state index contributed by atoms with van der Waals surface area (Å²) in [6, 6.07) is 7.38. The van der Waals surface area contributed by atoms with E-state index in [0.717, 1.165) is 42.8 Å². The number of hydrogen-bond donors (Lipinski definition) is 3. The van der Waals surface area contributed by atoms with Gasteiger partial charge >= 0.3 is 0 Å². The fourth-order valence-corrected chi connectivity index (χ4v) is 5.15. The Morgan fingerprint density at radius 2 is 2.09 bits per heavy atom. The molecule has 1 atom stereocenters. The summed E-state index contributed by atoms with van der Waals surface area (Å²) in [5.74, 6) is 1.01. The van der Waals surface area contributed by atoms with Gasteiger partial charge in [-0.2, -0.15) is 0 Å². The number of methoxy groups -OCH3 is 1. The Morgan fingerprint density at radius 1 is 1.26 bits per heavy atom. The van der Waals surface area contributed by atoms with Crippen molar-refractivity contribution >= 4 is 28.9 Å². The van der Waals surface area contributed by atoms with Gasteiger partial charge in [0.25, 0.3) is 5.91 Å². The Bertz CT molecular complexity index is 1310. The Morgan fingerprint density at radius 3 is 2.80 bits per heavy atom. The molecule has 9 heteroatoms. The summed E-state index contributed by atoms with van der Waals surface area (Å²) in [6.07, 6.45) is 6.42. The second-order valence-electron chi connectivity index (χ2n) is 9.74. The van der Waals surface area contributed by atoms with Crippen LogP contribution < -0.4 is 20.1 Å². The van der Waals surface area contributed by atoms with E-state index in [1.54, 1.807) is 25.6 Å². The summed E-state index contributed by atoms with van der Waals surface area (Å²) in [5, 5.41) is 7.02. The number of H-pyrrole nitrogens is 1. The normalized spacial score (nSPS) is 21.6. The van der Waals surface area contributed by atoms with Crippen molar-refractivity contribution in [3.8, 4) is 22.8 Å². The van der Waals surface area contributed by atoms with Gasteiger partial charge in [0, 0.05) is 35.8 Å². The number of aromatic amines is 1. The molecule has 2 fully saturated rings. The van der Waals surface area contributed by atoms with Crippen LogP contribution in [0.25, 0.3) is 11.3 Å². The zero-order valence-corrected chi connectivity index (χ0v) is 20.4. The molecule has 3 aromatic rings. The van der Waals surface area contributed by atoms with Crippen LogP contribution in [0.1, 0.15) is 42.2 Å². The summed E-state index contributed by atoms with van der Waals surface area (Å²) >= 11 is 6.39. The SMILES string of the molecule is COc1c(Cl)cccc1Nc1c(-c2ccncc2OC[C@@]2(C)CCO2)[nH]c2c1C(=O)NCC21CC1. The Kier molecular flexibility index (Phi) is 5.19. The van der Waals surface area contributed by atoms with Gasteiger partial charge in [0.2, 0.25) is 0 Å². The maximum absolute atomic E-state index is 13.2. The average molecular weight is 495 g/mol. The quantitative estimate of drug-likeness (QED) is 0.436. The number of aromatic nitrogens is 2. The number of pyridine rings is 1. The van der Waals surface area contributed by atoms with Gasteiger partial charge in [0.1, 0.15) is 18.0 Å². The fraction of sp³-hybridized carbons (Fsp3) is 0.385. The zero-order valence-electron chi connectivity index (χ0n) is 19.7. The van der Waals surface area contributed by atoms with E-state index in [-0.39, 0.29) is 16.9 Å². The van der Waals surface area contributed by atoms with E-state index < -0.39 is 0 Å². The zero-order chi connectivity index (χ0) is 24.2. The minimum Gasteiger partial charge on any atom is -0.493 e. The number of carbonyl (C=O) groups is 1. The number of benzene rings is 1. The molecule has 8 nitrogen and oxygen atoms in total. The minimum atomic E-state index is -0.296. The molecule has 35 heavy (non-hydrogen) atoms. The number of amides is 1. The largest absolute Gasteiger partial charge is 0.493 e. The third-order valence-corrected chi connectivity index (χ3v) is 7.59. The predicted octanol–water partition coefficient (Wildman–Crippen LogP) is 4.82. The van der Waals surface area contributed by atoms with Crippen molar-refractivity contribution in [1.29, 1.82) is 0 Å². The Balaban J connectivity index is 1.48. The monoisotopic (exact) mass is 494 g/mol. The molecule has 1 aliphatic carbocycles. The van der Waals surface area contributed by atoms with E-state index >= 15 is 0 Å². The van der Waals surface area contributed by atoms with Crippen molar-refractivity contribution in [2.24, 2.45) is 0 Å². The molecular formula is C26H27ClN4O4. The van der Waals surface area contributed by atoms with Crippen LogP contribution in [0.5, 0.6) is 11.5 Å². The molecule has 0 unspecified atom stereocenters. The lowest BCUT2D eigenvalue weighted by Gasteiger charge is -2.38. The molecule has 1 spiro atoms. The lowest BCUT2D eigenvalue weighted by atomic mass is 9.93. The second kappa shape index (κ2) is 8.17. The number of hydrogen-bond acceptors (Lipinski definition) is 6. The highest BCUT2D eigenvalue weighted by molar-refractivity contribution is 6.32. The summed E-state index contributed by atoms with van der Waals surface area (Å²) in [4.78, 5) is 21.1. The van der Waals surface area contributed by atoms with E-state index in [4.69, 9.17) is 25.8 Å². The van der Waals surface area contributed by atoms with E-state index in [1.165, 1.54) is 0 Å². The summed E-state index contributed by atoms with van der Waals surface area (Å²) in [5.41, 5.74) is 4.11. The van der Waals surface area contributed by atoms with Crippen LogP contribution >= 0.6 is 11.6 Å². The van der Waals surface area contributed by atoms with Gasteiger partial charge < -0.3 is 29.8 Å². The molecule has 2 aromatic heterocycles.